The molecule has 0 radical (unpaired) electrons. The predicted octanol–water partition coefficient (Wildman–Crippen LogP) is 1.22. The van der Waals surface area contributed by atoms with Gasteiger partial charge in [0.1, 0.15) is 18.8 Å². The minimum absolute atomic E-state index is 0.0423. The third-order valence-electron chi connectivity index (χ3n) is 4.27. The molecule has 1 aliphatic heterocycles. The van der Waals surface area contributed by atoms with Crippen LogP contribution in [0.15, 0.2) is 23.1 Å². The van der Waals surface area contributed by atoms with E-state index in [1.165, 1.54) is 25.3 Å². The number of fused-ring (bicyclic) bond motifs is 1. The maximum Gasteiger partial charge on any atom is 0.265 e. The number of carbonyl (C=O) groups excluding carboxylic acids is 1. The number of sulfonamides is 1. The Hall–Kier alpha value is -1.80. The molecule has 1 heterocycles. The van der Waals surface area contributed by atoms with Crippen LogP contribution in [0.4, 0.5) is 0 Å². The van der Waals surface area contributed by atoms with Gasteiger partial charge in [0, 0.05) is 13.2 Å². The zero-order chi connectivity index (χ0) is 16.5. The normalized spacial score (nSPS) is 19.3. The molecule has 7 nitrogen and oxygen atoms in total. The van der Waals surface area contributed by atoms with Gasteiger partial charge in [-0.2, -0.15) is 0 Å². The topological polar surface area (TPSA) is 90.9 Å². The highest BCUT2D eigenvalue weighted by atomic mass is 32.2. The van der Waals surface area contributed by atoms with Gasteiger partial charge in [0.25, 0.3) is 15.9 Å². The highest BCUT2D eigenvalue weighted by Gasteiger charge is 2.43. The molecule has 1 aromatic rings. The number of amides is 1. The molecule has 2 aliphatic rings. The van der Waals surface area contributed by atoms with Crippen molar-refractivity contribution in [3.8, 4) is 11.5 Å². The van der Waals surface area contributed by atoms with E-state index < -0.39 is 21.5 Å². The predicted molar refractivity (Wildman–Crippen MR) is 81.0 cm³/mol. The lowest BCUT2D eigenvalue weighted by Gasteiger charge is -2.25. The van der Waals surface area contributed by atoms with Gasteiger partial charge < -0.3 is 14.2 Å². The average molecular weight is 341 g/mol. The summed E-state index contributed by atoms with van der Waals surface area (Å²) >= 11 is 0. The van der Waals surface area contributed by atoms with Gasteiger partial charge in [0.05, 0.1) is 4.90 Å². The molecule has 0 bridgehead atoms. The summed E-state index contributed by atoms with van der Waals surface area (Å²) in [5, 5.41) is 0. The Balaban J connectivity index is 1.83. The largest absolute Gasteiger partial charge is 0.486 e. The van der Waals surface area contributed by atoms with Crippen molar-refractivity contribution in [2.24, 2.45) is 0 Å². The Morgan fingerprint density at radius 3 is 2.48 bits per heavy atom. The van der Waals surface area contributed by atoms with Crippen LogP contribution in [0, 0.1) is 0 Å². The molecule has 3 rings (SSSR count). The van der Waals surface area contributed by atoms with E-state index in [-0.39, 0.29) is 4.90 Å². The number of ether oxygens (including phenoxy) is 3. The molecule has 1 aromatic carbocycles. The second-order valence-corrected chi connectivity index (χ2v) is 7.33. The van der Waals surface area contributed by atoms with Crippen molar-refractivity contribution >= 4 is 15.9 Å². The van der Waals surface area contributed by atoms with Crippen molar-refractivity contribution in [3.63, 3.8) is 0 Å². The minimum Gasteiger partial charge on any atom is -0.486 e. The fourth-order valence-corrected chi connectivity index (χ4v) is 3.99. The van der Waals surface area contributed by atoms with Crippen molar-refractivity contribution in [1.82, 2.24) is 4.72 Å². The van der Waals surface area contributed by atoms with Crippen molar-refractivity contribution in [2.75, 3.05) is 20.3 Å². The van der Waals surface area contributed by atoms with Crippen LogP contribution in [-0.2, 0) is 19.6 Å². The van der Waals surface area contributed by atoms with Crippen LogP contribution >= 0.6 is 0 Å². The lowest BCUT2D eigenvalue weighted by atomic mass is 10.0. The molecule has 0 spiro atoms. The van der Waals surface area contributed by atoms with Crippen LogP contribution in [0.5, 0.6) is 11.5 Å². The highest BCUT2D eigenvalue weighted by Crippen LogP contribution is 2.34. The summed E-state index contributed by atoms with van der Waals surface area (Å²) in [5.41, 5.74) is -1.05. The van der Waals surface area contributed by atoms with Crippen LogP contribution in [0.1, 0.15) is 25.7 Å². The van der Waals surface area contributed by atoms with Crippen LogP contribution in [0.25, 0.3) is 0 Å². The molecule has 8 heteroatoms. The van der Waals surface area contributed by atoms with Crippen LogP contribution in [0.2, 0.25) is 0 Å². The smallest absolute Gasteiger partial charge is 0.265 e. The monoisotopic (exact) mass is 341 g/mol. The Morgan fingerprint density at radius 1 is 1.17 bits per heavy atom. The standard InChI is InChI=1S/C15H19NO6S/c1-20-15(6-2-3-7-15)14(17)16-23(18,19)11-4-5-12-13(10-11)22-9-8-21-12/h4-5,10H,2-3,6-9H2,1H3,(H,16,17). The molecular formula is C15H19NO6S. The van der Waals surface area contributed by atoms with Gasteiger partial charge in [-0.05, 0) is 37.8 Å². The maximum absolute atomic E-state index is 12.5. The first kappa shape index (κ1) is 16.1. The lowest BCUT2D eigenvalue weighted by Crippen LogP contribution is -2.48. The lowest BCUT2D eigenvalue weighted by molar-refractivity contribution is -0.140. The van der Waals surface area contributed by atoms with Crippen molar-refractivity contribution in [3.05, 3.63) is 18.2 Å². The summed E-state index contributed by atoms with van der Waals surface area (Å²) in [6.45, 7) is 0.780. The van der Waals surface area contributed by atoms with Crippen LogP contribution < -0.4 is 14.2 Å². The summed E-state index contributed by atoms with van der Waals surface area (Å²) in [7, 11) is -2.56. The van der Waals surface area contributed by atoms with E-state index in [0.29, 0.717) is 37.6 Å². The van der Waals surface area contributed by atoms with Crippen molar-refractivity contribution in [2.45, 2.75) is 36.2 Å². The Bertz CT molecular complexity index is 709. The minimum atomic E-state index is -3.99. The fraction of sp³-hybridized carbons (Fsp3) is 0.533. The SMILES string of the molecule is COC1(C(=O)NS(=O)(=O)c2ccc3c(c2)OCCO3)CCCC1. The number of carbonyl (C=O) groups is 1. The van der Waals surface area contributed by atoms with Gasteiger partial charge >= 0.3 is 0 Å². The molecular weight excluding hydrogens is 322 g/mol. The number of hydrogen-bond donors (Lipinski definition) is 1. The number of nitrogens with one attached hydrogen (secondary N) is 1. The second-order valence-electron chi connectivity index (χ2n) is 5.65. The molecule has 126 valence electrons. The first-order valence-electron chi connectivity index (χ1n) is 7.49. The van der Waals surface area contributed by atoms with Gasteiger partial charge in [-0.1, -0.05) is 0 Å². The molecule has 0 unspecified atom stereocenters. The van der Waals surface area contributed by atoms with E-state index in [9.17, 15) is 13.2 Å². The van der Waals surface area contributed by atoms with Gasteiger partial charge in [0.2, 0.25) is 0 Å². The van der Waals surface area contributed by atoms with E-state index in [1.807, 2.05) is 0 Å². The zero-order valence-corrected chi connectivity index (χ0v) is 13.6. The number of methoxy groups -OCH3 is 1. The molecule has 1 N–H and O–H groups in total. The highest BCUT2D eigenvalue weighted by molar-refractivity contribution is 7.90. The van der Waals surface area contributed by atoms with Gasteiger partial charge in [-0.3, -0.25) is 4.79 Å². The molecule has 0 atom stereocenters. The van der Waals surface area contributed by atoms with Crippen molar-refractivity contribution < 1.29 is 27.4 Å². The first-order valence-corrected chi connectivity index (χ1v) is 8.97. The van der Waals surface area contributed by atoms with Crippen molar-refractivity contribution in [1.29, 1.82) is 0 Å². The van der Waals surface area contributed by atoms with E-state index >= 15 is 0 Å². The third kappa shape index (κ3) is 3.00. The zero-order valence-electron chi connectivity index (χ0n) is 12.8. The molecule has 1 saturated carbocycles. The van der Waals surface area contributed by atoms with E-state index in [0.717, 1.165) is 12.8 Å². The molecule has 1 fully saturated rings. The summed E-state index contributed by atoms with van der Waals surface area (Å²) in [6.07, 6.45) is 2.72. The molecule has 0 saturated heterocycles. The van der Waals surface area contributed by atoms with E-state index in [4.69, 9.17) is 14.2 Å². The quantitative estimate of drug-likeness (QED) is 0.885. The summed E-state index contributed by atoms with van der Waals surface area (Å²) in [5.74, 6) is 0.229. The van der Waals surface area contributed by atoms with E-state index in [1.54, 1.807) is 0 Å². The van der Waals surface area contributed by atoms with Gasteiger partial charge in [-0.25, -0.2) is 13.1 Å². The number of benzene rings is 1. The summed E-state index contributed by atoms with van der Waals surface area (Å²) in [6, 6.07) is 4.27. The van der Waals surface area contributed by atoms with Gasteiger partial charge in [0.15, 0.2) is 11.5 Å². The molecule has 23 heavy (non-hydrogen) atoms. The second kappa shape index (κ2) is 6.01. The number of hydrogen-bond acceptors (Lipinski definition) is 6. The van der Waals surface area contributed by atoms with Crippen LogP contribution in [-0.4, -0.2) is 40.2 Å². The Labute approximate surface area is 135 Å². The summed E-state index contributed by atoms with van der Waals surface area (Å²) < 4.78 is 43.1. The van der Waals surface area contributed by atoms with Crippen LogP contribution in [0.3, 0.4) is 0 Å². The third-order valence-corrected chi connectivity index (χ3v) is 5.60. The van der Waals surface area contributed by atoms with Gasteiger partial charge in [-0.15, -0.1) is 0 Å². The number of rotatable bonds is 4. The molecule has 0 aromatic heterocycles. The Kier molecular flexibility index (Phi) is 4.20. The first-order chi connectivity index (χ1) is 11.0. The maximum atomic E-state index is 12.5. The summed E-state index contributed by atoms with van der Waals surface area (Å²) in [4.78, 5) is 12.4. The van der Waals surface area contributed by atoms with E-state index in [2.05, 4.69) is 4.72 Å². The Morgan fingerprint density at radius 2 is 1.83 bits per heavy atom. The fourth-order valence-electron chi connectivity index (χ4n) is 2.93. The average Bonchev–Trinajstić information content (AvgIpc) is 3.04. The molecule has 1 amide bonds. The molecule has 1 aliphatic carbocycles.